The van der Waals surface area contributed by atoms with Crippen LogP contribution in [0.25, 0.3) is 0 Å². The number of halogens is 2. The molecule has 0 fully saturated rings. The summed E-state index contributed by atoms with van der Waals surface area (Å²) in [6, 6.07) is 13.8. The molecule has 3 rings (SSSR count). The van der Waals surface area contributed by atoms with Gasteiger partial charge in [0, 0.05) is 17.3 Å². The second kappa shape index (κ2) is 7.07. The number of sulfonamides is 1. The van der Waals surface area contributed by atoms with E-state index in [0.717, 1.165) is 11.1 Å². The number of hydrogen-bond acceptors (Lipinski definition) is 3. The van der Waals surface area contributed by atoms with Crippen LogP contribution < -0.4 is 4.72 Å². The molecule has 25 heavy (non-hydrogen) atoms. The molecule has 0 bridgehead atoms. The monoisotopic (exact) mass is 395 g/mol. The fourth-order valence-electron chi connectivity index (χ4n) is 2.34. The van der Waals surface area contributed by atoms with Gasteiger partial charge in [-0.15, -0.1) is 0 Å². The van der Waals surface area contributed by atoms with Crippen LogP contribution in [-0.2, 0) is 16.6 Å². The van der Waals surface area contributed by atoms with Crippen LogP contribution in [0, 0.1) is 6.92 Å². The Morgan fingerprint density at radius 1 is 1.12 bits per heavy atom. The number of nitrogens with zero attached hydrogens (tertiary/aromatic N) is 2. The van der Waals surface area contributed by atoms with Gasteiger partial charge in [-0.05, 0) is 36.2 Å². The number of anilines is 1. The van der Waals surface area contributed by atoms with Crippen LogP contribution in [-0.4, -0.2) is 18.2 Å². The Morgan fingerprint density at radius 3 is 2.64 bits per heavy atom. The lowest BCUT2D eigenvalue weighted by molar-refractivity contribution is 0.600. The topological polar surface area (TPSA) is 64.0 Å². The molecule has 8 heteroatoms. The van der Waals surface area contributed by atoms with E-state index < -0.39 is 10.0 Å². The van der Waals surface area contributed by atoms with E-state index in [2.05, 4.69) is 9.82 Å². The molecule has 3 aromatic rings. The third-order valence-electron chi connectivity index (χ3n) is 3.66. The van der Waals surface area contributed by atoms with Crippen LogP contribution in [0.4, 0.5) is 5.82 Å². The maximum absolute atomic E-state index is 12.5. The Balaban J connectivity index is 1.81. The number of hydrogen-bond donors (Lipinski definition) is 1. The molecule has 0 atom stereocenters. The summed E-state index contributed by atoms with van der Waals surface area (Å²) < 4.78 is 29.1. The van der Waals surface area contributed by atoms with Crippen molar-refractivity contribution >= 4 is 39.0 Å². The van der Waals surface area contributed by atoms with Gasteiger partial charge in [0.15, 0.2) is 5.82 Å². The zero-order valence-electron chi connectivity index (χ0n) is 13.3. The summed E-state index contributed by atoms with van der Waals surface area (Å²) in [6.07, 6.45) is 1.71. The van der Waals surface area contributed by atoms with E-state index in [1.807, 2.05) is 31.2 Å². The lowest BCUT2D eigenvalue weighted by Crippen LogP contribution is -2.14. The number of rotatable bonds is 5. The highest BCUT2D eigenvalue weighted by atomic mass is 35.5. The average molecular weight is 396 g/mol. The zero-order valence-corrected chi connectivity index (χ0v) is 15.6. The van der Waals surface area contributed by atoms with Gasteiger partial charge in [0.1, 0.15) is 4.90 Å². The van der Waals surface area contributed by atoms with E-state index in [-0.39, 0.29) is 20.8 Å². The molecule has 2 aromatic carbocycles. The molecule has 0 amide bonds. The fourth-order valence-corrected chi connectivity index (χ4v) is 4.10. The molecule has 1 heterocycles. The maximum Gasteiger partial charge on any atom is 0.264 e. The van der Waals surface area contributed by atoms with Gasteiger partial charge in [0.2, 0.25) is 0 Å². The maximum atomic E-state index is 12.5. The van der Waals surface area contributed by atoms with Gasteiger partial charge in [-0.3, -0.25) is 9.40 Å². The summed E-state index contributed by atoms with van der Waals surface area (Å²) in [6.45, 7) is 2.57. The third-order valence-corrected chi connectivity index (χ3v) is 5.73. The van der Waals surface area contributed by atoms with Crippen molar-refractivity contribution in [2.24, 2.45) is 0 Å². The molecule has 5 nitrogen and oxygen atoms in total. The van der Waals surface area contributed by atoms with Gasteiger partial charge >= 0.3 is 0 Å². The highest BCUT2D eigenvalue weighted by Gasteiger charge is 2.19. The van der Waals surface area contributed by atoms with Crippen LogP contribution in [0.3, 0.4) is 0 Å². The molecule has 0 radical (unpaired) electrons. The van der Waals surface area contributed by atoms with Crippen molar-refractivity contribution in [2.75, 3.05) is 4.72 Å². The molecule has 0 unspecified atom stereocenters. The largest absolute Gasteiger partial charge is 0.266 e. The van der Waals surface area contributed by atoms with Crippen molar-refractivity contribution < 1.29 is 8.42 Å². The van der Waals surface area contributed by atoms with Crippen molar-refractivity contribution in [3.05, 3.63) is 75.9 Å². The summed E-state index contributed by atoms with van der Waals surface area (Å²) in [5.74, 6) is 0.213. The molecule has 0 saturated carbocycles. The molecule has 0 aliphatic carbocycles. The first kappa shape index (κ1) is 17.8. The second-order valence-electron chi connectivity index (χ2n) is 5.51. The number of nitrogens with one attached hydrogen (secondary N) is 1. The molecule has 130 valence electrons. The Bertz CT molecular complexity index is 1020. The summed E-state index contributed by atoms with van der Waals surface area (Å²) >= 11 is 11.8. The second-order valence-corrected chi connectivity index (χ2v) is 8.00. The zero-order chi connectivity index (χ0) is 18.0. The molecule has 0 aliphatic rings. The van der Waals surface area contributed by atoms with E-state index in [0.29, 0.717) is 6.54 Å². The number of aromatic nitrogens is 2. The van der Waals surface area contributed by atoms with Crippen molar-refractivity contribution in [1.82, 2.24) is 9.78 Å². The van der Waals surface area contributed by atoms with E-state index >= 15 is 0 Å². The summed E-state index contributed by atoms with van der Waals surface area (Å²) in [4.78, 5) is -0.0879. The Kier molecular flexibility index (Phi) is 5.03. The Labute approximate surface area is 156 Å². The van der Waals surface area contributed by atoms with E-state index in [4.69, 9.17) is 23.2 Å². The Hall–Kier alpha value is -2.02. The molecule has 1 aromatic heterocycles. The minimum atomic E-state index is -3.88. The standard InChI is InChI=1S/C17H15Cl2N3O2S/c1-12-4-2-3-5-13(12)11-22-9-8-17(20-22)21-25(23,24)16-10-14(18)6-7-15(16)19/h2-10H,11H2,1H3,(H,20,21). The molecular weight excluding hydrogens is 381 g/mol. The third kappa shape index (κ3) is 4.15. The van der Waals surface area contributed by atoms with Crippen LogP contribution in [0.5, 0.6) is 0 Å². The smallest absolute Gasteiger partial charge is 0.264 e. The summed E-state index contributed by atoms with van der Waals surface area (Å²) in [7, 11) is -3.88. The minimum absolute atomic E-state index is 0.0879. The van der Waals surface area contributed by atoms with Crippen molar-refractivity contribution in [2.45, 2.75) is 18.4 Å². The van der Waals surface area contributed by atoms with Gasteiger partial charge in [-0.2, -0.15) is 5.10 Å². The van der Waals surface area contributed by atoms with Crippen LogP contribution in [0.15, 0.2) is 59.6 Å². The van der Waals surface area contributed by atoms with Gasteiger partial charge in [-0.25, -0.2) is 8.42 Å². The lowest BCUT2D eigenvalue weighted by atomic mass is 10.1. The van der Waals surface area contributed by atoms with Crippen LogP contribution in [0.1, 0.15) is 11.1 Å². The quantitative estimate of drug-likeness (QED) is 0.698. The van der Waals surface area contributed by atoms with E-state index in [9.17, 15) is 8.42 Å². The van der Waals surface area contributed by atoms with Crippen molar-refractivity contribution in [3.63, 3.8) is 0 Å². The summed E-state index contributed by atoms with van der Waals surface area (Å²) in [5, 5.41) is 4.64. The van der Waals surface area contributed by atoms with Gasteiger partial charge in [0.25, 0.3) is 10.0 Å². The first-order chi connectivity index (χ1) is 11.8. The predicted octanol–water partition coefficient (Wildman–Crippen LogP) is 4.35. The van der Waals surface area contributed by atoms with Gasteiger partial charge < -0.3 is 0 Å². The van der Waals surface area contributed by atoms with E-state index in [1.165, 1.54) is 18.2 Å². The van der Waals surface area contributed by atoms with Gasteiger partial charge in [0.05, 0.1) is 11.6 Å². The van der Waals surface area contributed by atoms with Crippen molar-refractivity contribution in [1.29, 1.82) is 0 Å². The number of benzene rings is 2. The molecular formula is C17H15Cl2N3O2S. The molecule has 0 spiro atoms. The highest BCUT2D eigenvalue weighted by Crippen LogP contribution is 2.26. The van der Waals surface area contributed by atoms with E-state index in [1.54, 1.807) is 16.9 Å². The minimum Gasteiger partial charge on any atom is -0.266 e. The predicted molar refractivity (Wildman–Crippen MR) is 99.8 cm³/mol. The first-order valence-corrected chi connectivity index (χ1v) is 9.65. The normalized spacial score (nSPS) is 11.5. The van der Waals surface area contributed by atoms with Crippen LogP contribution in [0.2, 0.25) is 10.0 Å². The Morgan fingerprint density at radius 2 is 1.88 bits per heavy atom. The number of aryl methyl sites for hydroxylation is 1. The first-order valence-electron chi connectivity index (χ1n) is 7.41. The summed E-state index contributed by atoms with van der Waals surface area (Å²) in [5.41, 5.74) is 2.25. The highest BCUT2D eigenvalue weighted by molar-refractivity contribution is 7.92. The van der Waals surface area contributed by atoms with Gasteiger partial charge in [-0.1, -0.05) is 47.5 Å². The van der Waals surface area contributed by atoms with Crippen molar-refractivity contribution in [3.8, 4) is 0 Å². The van der Waals surface area contributed by atoms with Crippen LogP contribution >= 0.6 is 23.2 Å². The lowest BCUT2D eigenvalue weighted by Gasteiger charge is -2.08. The SMILES string of the molecule is Cc1ccccc1Cn1ccc(NS(=O)(=O)c2cc(Cl)ccc2Cl)n1. The average Bonchev–Trinajstić information content (AvgIpc) is 2.98. The fraction of sp³-hybridized carbons (Fsp3) is 0.118. The molecule has 0 saturated heterocycles. The molecule has 1 N–H and O–H groups in total. The molecule has 0 aliphatic heterocycles.